The van der Waals surface area contributed by atoms with Crippen LogP contribution in [0.1, 0.15) is 141 Å². The molecule has 2 aliphatic heterocycles. The maximum Gasteiger partial charge on any atom is 0.321 e. The third-order valence-corrected chi connectivity index (χ3v) is 12.5. The zero-order valence-corrected chi connectivity index (χ0v) is 34.5. The Morgan fingerprint density at radius 1 is 0.891 bits per heavy atom. The van der Waals surface area contributed by atoms with E-state index in [1.165, 1.54) is 43.1 Å². The Kier molecular flexibility index (Phi) is 12.0. The van der Waals surface area contributed by atoms with E-state index in [0.29, 0.717) is 23.3 Å². The number of carbonyl (C=O) groups excluding carboxylic acids is 3. The van der Waals surface area contributed by atoms with Gasteiger partial charge in [0.1, 0.15) is 12.5 Å². The molecule has 5 heterocycles. The van der Waals surface area contributed by atoms with Crippen LogP contribution in [0.15, 0.2) is 23.0 Å². The lowest BCUT2D eigenvalue weighted by atomic mass is 9.85. The standard InChI is InChI=1S/C46H60N4O5/c1-11-14-24(3)15-13-16-25(4)19-20-55-39(51)18-17-32-29(8)36-22-34-27(6)26(5)33(47-34)21-35-28(7)31(12-2)38(48-35)23-37-30(9)40-44(50-37)41(43(32)49-36)42(45(40)52)46(53)54-10/h19,21-24,29,32,42,47-50H,11-18,20H2,1-10H3/b25-19-,35-21-,36-22-,38-23-,43-41-/t24-,29+,32+,42-/m1/s1. The van der Waals surface area contributed by atoms with Gasteiger partial charge in [-0.2, -0.15) is 0 Å². The van der Waals surface area contributed by atoms with E-state index in [4.69, 9.17) is 9.47 Å². The van der Waals surface area contributed by atoms with Gasteiger partial charge in [0.25, 0.3) is 0 Å². The predicted octanol–water partition coefficient (Wildman–Crippen LogP) is 7.91. The van der Waals surface area contributed by atoms with Gasteiger partial charge in [0.2, 0.25) is 0 Å². The summed E-state index contributed by atoms with van der Waals surface area (Å²) >= 11 is 0. The second-order valence-electron chi connectivity index (χ2n) is 16.1. The van der Waals surface area contributed by atoms with Crippen LogP contribution in [-0.2, 0) is 25.5 Å². The van der Waals surface area contributed by atoms with Gasteiger partial charge in [-0.15, -0.1) is 0 Å². The second-order valence-corrected chi connectivity index (χ2v) is 16.1. The number of fused-ring (bicyclic) bond motifs is 7. The molecule has 3 aliphatic rings. The molecule has 3 aromatic rings. The highest BCUT2D eigenvalue weighted by Gasteiger charge is 2.48. The molecule has 0 unspecified atom stereocenters. The Bertz CT molecular complexity index is 2220. The van der Waals surface area contributed by atoms with E-state index >= 15 is 0 Å². The molecule has 4 atom stereocenters. The van der Waals surface area contributed by atoms with Crippen LogP contribution in [0.3, 0.4) is 0 Å². The number of nitrogens with one attached hydrogen (secondary N) is 4. The number of methoxy groups -OCH3 is 1. The normalized spacial score (nSPS) is 23.0. The summed E-state index contributed by atoms with van der Waals surface area (Å²) in [6.45, 7) is 19.5. The average molecular weight is 749 g/mol. The first-order valence-electron chi connectivity index (χ1n) is 20.3. The van der Waals surface area contributed by atoms with E-state index in [0.717, 1.165) is 81.0 Å². The largest absolute Gasteiger partial charge is 0.468 e. The van der Waals surface area contributed by atoms with Crippen molar-refractivity contribution < 1.29 is 23.9 Å². The van der Waals surface area contributed by atoms with Crippen molar-refractivity contribution in [3.63, 3.8) is 0 Å². The number of esters is 2. The molecular formula is C46H60N4O5. The van der Waals surface area contributed by atoms with Crippen LogP contribution in [0.4, 0.5) is 0 Å². The van der Waals surface area contributed by atoms with Crippen LogP contribution >= 0.6 is 0 Å². The average Bonchev–Trinajstić information content (AvgIpc) is 3.88. The number of ketones is 1. The maximum absolute atomic E-state index is 14.3. The molecule has 6 rings (SSSR count). The number of rotatable bonds is 13. The van der Waals surface area contributed by atoms with Crippen LogP contribution in [-0.4, -0.2) is 46.4 Å². The molecule has 9 nitrogen and oxygen atoms in total. The van der Waals surface area contributed by atoms with Crippen molar-refractivity contribution in [2.45, 2.75) is 114 Å². The zero-order chi connectivity index (χ0) is 39.7. The van der Waals surface area contributed by atoms with Gasteiger partial charge in [0.05, 0.1) is 12.8 Å². The monoisotopic (exact) mass is 748 g/mol. The molecule has 9 heteroatoms. The van der Waals surface area contributed by atoms with E-state index in [1.807, 2.05) is 13.0 Å². The first-order valence-corrected chi connectivity index (χ1v) is 20.3. The number of Topliss-reactive ketones (excluding diaryl/α,β-unsaturated/α-hetero) is 1. The molecular weight excluding hydrogens is 689 g/mol. The topological polar surface area (TPSA) is 129 Å². The molecule has 8 bridgehead atoms. The van der Waals surface area contributed by atoms with Crippen molar-refractivity contribution in [3.05, 3.63) is 89.9 Å². The molecule has 0 radical (unpaired) electrons. The van der Waals surface area contributed by atoms with Crippen molar-refractivity contribution >= 4 is 41.5 Å². The minimum atomic E-state index is -1.12. The lowest BCUT2D eigenvalue weighted by Gasteiger charge is -2.19. The quantitative estimate of drug-likeness (QED) is 0.0800. The summed E-state index contributed by atoms with van der Waals surface area (Å²) in [5, 5.41) is 5.71. The molecule has 294 valence electrons. The molecule has 0 aromatic carbocycles. The number of hydrogen-bond acceptors (Lipinski definition) is 6. The van der Waals surface area contributed by atoms with Crippen LogP contribution in [0.5, 0.6) is 0 Å². The summed E-state index contributed by atoms with van der Waals surface area (Å²) < 4.78 is 11.0. The van der Waals surface area contributed by atoms with Gasteiger partial charge in [-0.3, -0.25) is 14.4 Å². The molecule has 1 aliphatic carbocycles. The smallest absolute Gasteiger partial charge is 0.321 e. The van der Waals surface area contributed by atoms with Gasteiger partial charge >= 0.3 is 11.9 Å². The van der Waals surface area contributed by atoms with Crippen LogP contribution < -0.4 is 16.0 Å². The fraction of sp³-hybridized carbons (Fsp3) is 0.500. The summed E-state index contributed by atoms with van der Waals surface area (Å²) in [7, 11) is 1.32. The van der Waals surface area contributed by atoms with E-state index < -0.39 is 11.9 Å². The first-order chi connectivity index (χ1) is 26.3. The predicted molar refractivity (Wildman–Crippen MR) is 219 cm³/mol. The fourth-order valence-electron chi connectivity index (χ4n) is 8.94. The molecule has 55 heavy (non-hydrogen) atoms. The summed E-state index contributed by atoms with van der Waals surface area (Å²) in [6, 6.07) is 0. The minimum absolute atomic E-state index is 0.0573. The van der Waals surface area contributed by atoms with Crippen LogP contribution in [0.25, 0.3) is 23.8 Å². The number of hydrogen-bond donors (Lipinski definition) is 4. The molecule has 0 amide bonds. The molecule has 1 fully saturated rings. The third-order valence-electron chi connectivity index (χ3n) is 12.5. The van der Waals surface area contributed by atoms with Crippen molar-refractivity contribution in [1.29, 1.82) is 0 Å². The minimum Gasteiger partial charge on any atom is -0.468 e. The van der Waals surface area contributed by atoms with E-state index in [1.54, 1.807) is 0 Å². The summed E-state index contributed by atoms with van der Waals surface area (Å²) in [5.41, 5.74) is 13.0. The molecule has 1 saturated heterocycles. The number of aromatic amines is 3. The highest BCUT2D eigenvalue weighted by molar-refractivity contribution is 6.24. The Balaban J connectivity index is 1.40. The number of aromatic nitrogens is 3. The van der Waals surface area contributed by atoms with Crippen molar-refractivity contribution in [2.24, 2.45) is 23.7 Å². The Morgan fingerprint density at radius 3 is 2.27 bits per heavy atom. The second kappa shape index (κ2) is 16.5. The van der Waals surface area contributed by atoms with Crippen molar-refractivity contribution in [3.8, 4) is 0 Å². The fourth-order valence-corrected chi connectivity index (χ4v) is 8.94. The third kappa shape index (κ3) is 7.72. The summed E-state index contributed by atoms with van der Waals surface area (Å²) in [4.78, 5) is 52.0. The number of ether oxygens (including phenoxy) is 2. The number of H-pyrrole nitrogens is 3. The van der Waals surface area contributed by atoms with E-state index in [9.17, 15) is 14.4 Å². The zero-order valence-electron chi connectivity index (χ0n) is 34.5. The maximum atomic E-state index is 14.3. The summed E-state index contributed by atoms with van der Waals surface area (Å²) in [5.74, 6) is -1.79. The lowest BCUT2D eigenvalue weighted by molar-refractivity contribution is -0.143. The van der Waals surface area contributed by atoms with Crippen LogP contribution in [0.2, 0.25) is 0 Å². The summed E-state index contributed by atoms with van der Waals surface area (Å²) in [6.07, 6.45) is 15.8. The van der Waals surface area contributed by atoms with Crippen molar-refractivity contribution in [1.82, 2.24) is 20.3 Å². The number of allylic oxidation sites excluding steroid dienone is 3. The SMILES string of the molecule is CCC[C@@H](C)CCC/C(C)=C\COC(=O)CC[C@@H]1/C2=C3/c4[nH]c(c(C)c4C(=O)[C@@H]3C(=O)OC)/C=c3\[nH]/c(c(C)c3CC)=C\c3[nH]c(c(C)c3C)/C=C(\N2)[C@H]1C. The van der Waals surface area contributed by atoms with E-state index in [-0.39, 0.29) is 36.6 Å². The molecule has 0 spiro atoms. The molecule has 3 aromatic heterocycles. The van der Waals surface area contributed by atoms with Crippen LogP contribution in [0, 0.1) is 51.4 Å². The van der Waals surface area contributed by atoms with Gasteiger partial charge in [-0.1, -0.05) is 52.5 Å². The highest BCUT2D eigenvalue weighted by Crippen LogP contribution is 2.48. The van der Waals surface area contributed by atoms with Gasteiger partial charge in [-0.05, 0) is 118 Å². The van der Waals surface area contributed by atoms with E-state index in [2.05, 4.69) is 93.9 Å². The first kappa shape index (κ1) is 39.9. The Labute approximate surface area is 325 Å². The Morgan fingerprint density at radius 2 is 1.58 bits per heavy atom. The highest BCUT2D eigenvalue weighted by atomic mass is 16.5. The van der Waals surface area contributed by atoms with Gasteiger partial charge in [0.15, 0.2) is 5.78 Å². The molecule has 0 saturated carbocycles. The molecule has 4 N–H and O–H groups in total. The van der Waals surface area contributed by atoms with Gasteiger partial charge < -0.3 is 29.7 Å². The van der Waals surface area contributed by atoms with Crippen molar-refractivity contribution in [2.75, 3.05) is 13.7 Å². The lowest BCUT2D eigenvalue weighted by Crippen LogP contribution is -2.25. The van der Waals surface area contributed by atoms with Gasteiger partial charge in [0, 0.05) is 68.6 Å². The van der Waals surface area contributed by atoms with Gasteiger partial charge in [-0.25, -0.2) is 0 Å². The Hall–Kier alpha value is -4.79. The number of carbonyl (C=O) groups is 3.